The lowest BCUT2D eigenvalue weighted by molar-refractivity contribution is -0.161. The zero-order chi connectivity index (χ0) is 13.1. The van der Waals surface area contributed by atoms with Crippen LogP contribution in [0.15, 0.2) is 0 Å². The second-order valence-electron chi connectivity index (χ2n) is 5.18. The molecule has 0 bridgehead atoms. The first-order chi connectivity index (χ1) is 6.97. The number of ether oxygens (including phenoxy) is 1. The van der Waals surface area contributed by atoms with Gasteiger partial charge in [-0.05, 0) is 34.6 Å². The molecule has 5 nitrogen and oxygen atoms in total. The Morgan fingerprint density at radius 1 is 1.12 bits per heavy atom. The molecule has 0 heterocycles. The average molecular weight is 228 g/mol. The van der Waals surface area contributed by atoms with Crippen LogP contribution in [0.25, 0.3) is 0 Å². The molecule has 92 valence electrons. The number of amides is 1. The van der Waals surface area contributed by atoms with Gasteiger partial charge in [0.2, 0.25) is 5.91 Å². The van der Waals surface area contributed by atoms with Gasteiger partial charge in [0.05, 0.1) is 0 Å². The highest BCUT2D eigenvalue weighted by Gasteiger charge is 2.37. The second-order valence-corrected chi connectivity index (χ2v) is 5.18. The van der Waals surface area contributed by atoms with Crippen LogP contribution in [-0.2, 0) is 14.3 Å². The fourth-order valence-electron chi connectivity index (χ4n) is 0.840. The number of amidine groups is 1. The quantitative estimate of drug-likeness (QED) is 0.426. The summed E-state index contributed by atoms with van der Waals surface area (Å²) in [6.45, 7) is 9.63. The molecule has 16 heavy (non-hydrogen) atoms. The summed E-state index contributed by atoms with van der Waals surface area (Å²) < 4.78 is 5.17. The van der Waals surface area contributed by atoms with E-state index in [0.29, 0.717) is 0 Å². The Morgan fingerprint density at radius 3 is 1.88 bits per heavy atom. The first-order valence-electron chi connectivity index (χ1n) is 5.07. The van der Waals surface area contributed by atoms with Gasteiger partial charge >= 0.3 is 5.97 Å². The molecule has 0 aromatic heterocycles. The molecular formula is C11H20N2O3. The van der Waals surface area contributed by atoms with Crippen LogP contribution in [0.3, 0.4) is 0 Å². The fourth-order valence-corrected chi connectivity index (χ4v) is 0.840. The molecule has 0 rings (SSSR count). The van der Waals surface area contributed by atoms with E-state index in [4.69, 9.17) is 10.1 Å². The van der Waals surface area contributed by atoms with E-state index in [1.807, 2.05) is 0 Å². The van der Waals surface area contributed by atoms with Crippen molar-refractivity contribution in [2.45, 2.75) is 47.1 Å². The molecule has 0 aliphatic rings. The van der Waals surface area contributed by atoms with Crippen LogP contribution in [0.4, 0.5) is 0 Å². The molecule has 0 spiro atoms. The van der Waals surface area contributed by atoms with E-state index < -0.39 is 17.0 Å². The van der Waals surface area contributed by atoms with E-state index in [-0.39, 0.29) is 11.7 Å². The predicted molar refractivity (Wildman–Crippen MR) is 61.2 cm³/mol. The lowest BCUT2D eigenvalue weighted by Crippen LogP contribution is -2.46. The van der Waals surface area contributed by atoms with E-state index in [9.17, 15) is 9.59 Å². The van der Waals surface area contributed by atoms with Gasteiger partial charge in [0, 0.05) is 6.92 Å². The molecule has 0 radical (unpaired) electrons. The zero-order valence-corrected chi connectivity index (χ0v) is 10.7. The molecule has 0 fully saturated rings. The first-order valence-corrected chi connectivity index (χ1v) is 5.07. The normalized spacial score (nSPS) is 11.9. The Labute approximate surface area is 96.1 Å². The maximum absolute atomic E-state index is 11.8. The van der Waals surface area contributed by atoms with Crippen LogP contribution in [0.1, 0.15) is 41.5 Å². The molecule has 0 aliphatic heterocycles. The van der Waals surface area contributed by atoms with Gasteiger partial charge in [0.15, 0.2) is 0 Å². The van der Waals surface area contributed by atoms with Crippen molar-refractivity contribution < 1.29 is 14.3 Å². The predicted octanol–water partition coefficient (Wildman–Crippen LogP) is 1.47. The summed E-state index contributed by atoms with van der Waals surface area (Å²) in [4.78, 5) is 22.6. The van der Waals surface area contributed by atoms with E-state index >= 15 is 0 Å². The Bertz CT molecular complexity index is 314. The summed E-state index contributed by atoms with van der Waals surface area (Å²) in [7, 11) is 0. The number of rotatable bonds is 2. The first kappa shape index (κ1) is 14.6. The van der Waals surface area contributed by atoms with Gasteiger partial charge in [0.1, 0.15) is 16.9 Å². The molecule has 5 heteroatoms. The van der Waals surface area contributed by atoms with E-state index in [0.717, 1.165) is 0 Å². The van der Waals surface area contributed by atoms with Crippen LogP contribution in [0.5, 0.6) is 0 Å². The van der Waals surface area contributed by atoms with Crippen LogP contribution in [0, 0.1) is 10.8 Å². The maximum atomic E-state index is 11.8. The minimum absolute atomic E-state index is 0.158. The van der Waals surface area contributed by atoms with Crippen molar-refractivity contribution >= 4 is 17.7 Å². The highest BCUT2D eigenvalue weighted by Crippen LogP contribution is 2.21. The van der Waals surface area contributed by atoms with Crippen LogP contribution >= 0.6 is 0 Å². The smallest absolute Gasteiger partial charge is 0.319 e. The topological polar surface area (TPSA) is 79.3 Å². The largest absolute Gasteiger partial charge is 0.459 e. The standard InChI is InChI=1S/C11H20N2O3/c1-7(14)13-8(12)11(5,6)9(15)16-10(2,3)4/h1-6H3,(H2,12,13,14). The molecule has 1 amide bonds. The Kier molecular flexibility index (Phi) is 4.23. The van der Waals surface area contributed by atoms with Crippen molar-refractivity contribution in [1.29, 1.82) is 5.41 Å². The lowest BCUT2D eigenvalue weighted by Gasteiger charge is -2.28. The molecule has 0 saturated heterocycles. The summed E-state index contributed by atoms with van der Waals surface area (Å²) in [6, 6.07) is 0. The molecule has 0 unspecified atom stereocenters. The van der Waals surface area contributed by atoms with Crippen LogP contribution in [0.2, 0.25) is 0 Å². The van der Waals surface area contributed by atoms with E-state index in [1.54, 1.807) is 34.6 Å². The zero-order valence-electron chi connectivity index (χ0n) is 10.7. The van der Waals surface area contributed by atoms with E-state index in [1.165, 1.54) is 6.92 Å². The summed E-state index contributed by atoms with van der Waals surface area (Å²) in [6.07, 6.45) is 0. The van der Waals surface area contributed by atoms with Crippen molar-refractivity contribution in [3.05, 3.63) is 0 Å². The van der Waals surface area contributed by atoms with Crippen molar-refractivity contribution in [2.24, 2.45) is 5.41 Å². The fraction of sp³-hybridized carbons (Fsp3) is 0.727. The lowest BCUT2D eigenvalue weighted by atomic mass is 9.91. The minimum Gasteiger partial charge on any atom is -0.459 e. The monoisotopic (exact) mass is 228 g/mol. The number of hydrogen-bond acceptors (Lipinski definition) is 4. The summed E-state index contributed by atoms with van der Waals surface area (Å²) in [5.74, 6) is -1.06. The molecule has 0 saturated carbocycles. The van der Waals surface area contributed by atoms with Crippen LogP contribution in [-0.4, -0.2) is 23.3 Å². The molecule has 0 aliphatic carbocycles. The molecule has 0 aromatic carbocycles. The van der Waals surface area contributed by atoms with Crippen LogP contribution < -0.4 is 5.32 Å². The van der Waals surface area contributed by atoms with Gasteiger partial charge < -0.3 is 10.1 Å². The number of carbonyl (C=O) groups excluding carboxylic acids is 2. The Hall–Kier alpha value is -1.39. The third-order valence-electron chi connectivity index (χ3n) is 1.84. The summed E-state index contributed by atoms with van der Waals surface area (Å²) >= 11 is 0. The third kappa shape index (κ3) is 4.42. The van der Waals surface area contributed by atoms with Gasteiger partial charge in [0.25, 0.3) is 0 Å². The number of esters is 1. The summed E-state index contributed by atoms with van der Waals surface area (Å²) in [5.41, 5.74) is -1.76. The Morgan fingerprint density at radius 2 is 1.56 bits per heavy atom. The highest BCUT2D eigenvalue weighted by atomic mass is 16.6. The van der Waals surface area contributed by atoms with E-state index in [2.05, 4.69) is 5.32 Å². The molecule has 0 aromatic rings. The maximum Gasteiger partial charge on any atom is 0.319 e. The van der Waals surface area contributed by atoms with Gasteiger partial charge in [-0.1, -0.05) is 0 Å². The minimum atomic E-state index is -1.15. The SMILES string of the molecule is CC(=O)NC(=N)C(C)(C)C(=O)OC(C)(C)C. The van der Waals surface area contributed by atoms with Crippen molar-refractivity contribution in [2.75, 3.05) is 0 Å². The highest BCUT2D eigenvalue weighted by molar-refractivity contribution is 6.08. The Balaban J connectivity index is 4.72. The number of carbonyl (C=O) groups is 2. The van der Waals surface area contributed by atoms with Crippen molar-refractivity contribution in [3.63, 3.8) is 0 Å². The average Bonchev–Trinajstić information content (AvgIpc) is 1.99. The van der Waals surface area contributed by atoms with Crippen molar-refractivity contribution in [3.8, 4) is 0 Å². The summed E-state index contributed by atoms with van der Waals surface area (Å²) in [5, 5.41) is 9.92. The molecular weight excluding hydrogens is 208 g/mol. The number of hydrogen-bond donors (Lipinski definition) is 2. The van der Waals surface area contributed by atoms with Gasteiger partial charge in [-0.15, -0.1) is 0 Å². The van der Waals surface area contributed by atoms with Gasteiger partial charge in [-0.25, -0.2) is 0 Å². The number of nitrogens with one attached hydrogen (secondary N) is 2. The molecule has 2 N–H and O–H groups in total. The van der Waals surface area contributed by atoms with Crippen molar-refractivity contribution in [1.82, 2.24) is 5.32 Å². The second kappa shape index (κ2) is 4.63. The van der Waals surface area contributed by atoms with Gasteiger partial charge in [-0.2, -0.15) is 0 Å². The third-order valence-corrected chi connectivity index (χ3v) is 1.84. The molecule has 0 atom stereocenters. The van der Waals surface area contributed by atoms with Gasteiger partial charge in [-0.3, -0.25) is 15.0 Å².